The summed E-state index contributed by atoms with van der Waals surface area (Å²) in [5, 5.41) is 22.5. The van der Waals surface area contributed by atoms with Gasteiger partial charge in [-0.2, -0.15) is 5.10 Å². The summed E-state index contributed by atoms with van der Waals surface area (Å²) in [5.41, 5.74) is 2.87. The van der Waals surface area contributed by atoms with E-state index < -0.39 is 0 Å². The Bertz CT molecular complexity index is 473. The van der Waals surface area contributed by atoms with Crippen molar-refractivity contribution < 1.29 is 15.0 Å². The number of unbranched alkanes of at least 4 members (excludes halogenated alkanes) is 5. The van der Waals surface area contributed by atoms with Crippen molar-refractivity contribution in [1.29, 1.82) is 0 Å². The fraction of sp³-hybridized carbons (Fsp3) is 0.500. The Labute approximate surface area is 125 Å². The molecule has 0 fully saturated rings. The standard InChI is InChI=1S/C16H24N2O3/c1-2-3-4-5-6-7-8-16(21)18-17-12-13-9-10-14(19)11-15(13)20/h9-12,19-20H,2-8H2,1H3,(H,18,21). The highest BCUT2D eigenvalue weighted by Crippen LogP contribution is 2.20. The van der Waals surface area contributed by atoms with E-state index >= 15 is 0 Å². The molecule has 0 aliphatic carbocycles. The van der Waals surface area contributed by atoms with Crippen LogP contribution in [0.25, 0.3) is 0 Å². The first-order valence-corrected chi connectivity index (χ1v) is 7.47. The van der Waals surface area contributed by atoms with Gasteiger partial charge in [0, 0.05) is 18.1 Å². The number of carbonyl (C=O) groups excluding carboxylic acids is 1. The van der Waals surface area contributed by atoms with Crippen LogP contribution in [0.15, 0.2) is 23.3 Å². The molecule has 0 radical (unpaired) electrons. The number of nitrogens with one attached hydrogen (secondary N) is 1. The Morgan fingerprint density at radius 2 is 1.90 bits per heavy atom. The van der Waals surface area contributed by atoms with Crippen LogP contribution in [0.5, 0.6) is 11.5 Å². The smallest absolute Gasteiger partial charge is 0.240 e. The molecule has 0 atom stereocenters. The number of hydrogen-bond acceptors (Lipinski definition) is 4. The van der Waals surface area contributed by atoms with Crippen LogP contribution in [0, 0.1) is 0 Å². The first-order valence-electron chi connectivity index (χ1n) is 7.47. The van der Waals surface area contributed by atoms with Crippen LogP contribution < -0.4 is 5.43 Å². The highest BCUT2D eigenvalue weighted by atomic mass is 16.3. The maximum atomic E-state index is 11.5. The van der Waals surface area contributed by atoms with Gasteiger partial charge in [-0.3, -0.25) is 4.79 Å². The summed E-state index contributed by atoms with van der Waals surface area (Å²) in [6.07, 6.45) is 8.64. The molecule has 0 spiro atoms. The van der Waals surface area contributed by atoms with Gasteiger partial charge in [-0.1, -0.05) is 39.0 Å². The van der Waals surface area contributed by atoms with E-state index in [0.717, 1.165) is 12.8 Å². The van der Waals surface area contributed by atoms with Crippen LogP contribution in [0.4, 0.5) is 0 Å². The molecular formula is C16H24N2O3. The molecule has 116 valence electrons. The van der Waals surface area contributed by atoms with Gasteiger partial charge < -0.3 is 10.2 Å². The average molecular weight is 292 g/mol. The zero-order valence-corrected chi connectivity index (χ0v) is 12.5. The average Bonchev–Trinajstić information content (AvgIpc) is 2.45. The number of aromatic hydroxyl groups is 2. The minimum Gasteiger partial charge on any atom is -0.508 e. The third kappa shape index (κ3) is 7.34. The number of rotatable bonds is 9. The molecule has 5 nitrogen and oxygen atoms in total. The zero-order valence-electron chi connectivity index (χ0n) is 12.5. The predicted octanol–water partition coefficient (Wildman–Crippen LogP) is 3.30. The third-order valence-electron chi connectivity index (χ3n) is 3.16. The molecule has 1 aromatic carbocycles. The van der Waals surface area contributed by atoms with E-state index in [2.05, 4.69) is 17.5 Å². The predicted molar refractivity (Wildman–Crippen MR) is 83.5 cm³/mol. The van der Waals surface area contributed by atoms with Gasteiger partial charge in [0.1, 0.15) is 11.5 Å². The summed E-state index contributed by atoms with van der Waals surface area (Å²) in [6.45, 7) is 2.18. The lowest BCUT2D eigenvalue weighted by Crippen LogP contribution is -2.16. The number of phenols is 2. The fourth-order valence-electron chi connectivity index (χ4n) is 1.94. The SMILES string of the molecule is CCCCCCCCC(=O)NN=Cc1ccc(O)cc1O. The lowest BCUT2D eigenvalue weighted by atomic mass is 10.1. The van der Waals surface area contributed by atoms with E-state index in [0.29, 0.717) is 12.0 Å². The number of benzene rings is 1. The van der Waals surface area contributed by atoms with Crippen LogP contribution in [-0.4, -0.2) is 22.3 Å². The molecule has 3 N–H and O–H groups in total. The first-order chi connectivity index (χ1) is 10.1. The summed E-state index contributed by atoms with van der Waals surface area (Å²) in [4.78, 5) is 11.5. The maximum Gasteiger partial charge on any atom is 0.240 e. The molecule has 0 aliphatic heterocycles. The molecule has 0 saturated carbocycles. The number of carbonyl (C=O) groups is 1. The van der Waals surface area contributed by atoms with Crippen LogP contribution in [-0.2, 0) is 4.79 Å². The van der Waals surface area contributed by atoms with E-state index in [1.165, 1.54) is 50.1 Å². The second-order valence-corrected chi connectivity index (χ2v) is 5.05. The third-order valence-corrected chi connectivity index (χ3v) is 3.16. The second-order valence-electron chi connectivity index (χ2n) is 5.05. The molecule has 1 amide bonds. The quantitative estimate of drug-likeness (QED) is 0.371. The topological polar surface area (TPSA) is 81.9 Å². The zero-order chi connectivity index (χ0) is 15.5. The van der Waals surface area contributed by atoms with E-state index in [1.807, 2.05) is 0 Å². The van der Waals surface area contributed by atoms with Gasteiger partial charge >= 0.3 is 0 Å². The fourth-order valence-corrected chi connectivity index (χ4v) is 1.94. The van der Waals surface area contributed by atoms with Crippen molar-refractivity contribution >= 4 is 12.1 Å². The minimum atomic E-state index is -0.125. The maximum absolute atomic E-state index is 11.5. The van der Waals surface area contributed by atoms with Gasteiger partial charge in [0.15, 0.2) is 0 Å². The number of hydrazone groups is 1. The molecule has 0 saturated heterocycles. The van der Waals surface area contributed by atoms with Gasteiger partial charge in [0.2, 0.25) is 5.91 Å². The highest BCUT2D eigenvalue weighted by Gasteiger charge is 2.01. The molecule has 0 bridgehead atoms. The molecule has 0 unspecified atom stereocenters. The van der Waals surface area contributed by atoms with Crippen LogP contribution >= 0.6 is 0 Å². The molecule has 0 aliphatic rings. The Morgan fingerprint density at radius 3 is 2.62 bits per heavy atom. The minimum absolute atomic E-state index is 0.0169. The van der Waals surface area contributed by atoms with Gasteiger partial charge in [-0.15, -0.1) is 0 Å². The second kappa shape index (κ2) is 9.80. The molecule has 5 heteroatoms. The number of phenolic OH excluding ortho intramolecular Hbond substituents is 2. The summed E-state index contributed by atoms with van der Waals surface area (Å²) >= 11 is 0. The Kier molecular flexibility index (Phi) is 7.94. The number of nitrogens with zero attached hydrogens (tertiary/aromatic N) is 1. The molecule has 0 aromatic heterocycles. The van der Waals surface area contributed by atoms with Crippen molar-refractivity contribution in [3.05, 3.63) is 23.8 Å². The van der Waals surface area contributed by atoms with Crippen LogP contribution in [0.1, 0.15) is 57.4 Å². The molecular weight excluding hydrogens is 268 g/mol. The Hall–Kier alpha value is -2.04. The van der Waals surface area contributed by atoms with E-state index in [-0.39, 0.29) is 17.4 Å². The number of amides is 1. The lowest BCUT2D eigenvalue weighted by molar-refractivity contribution is -0.121. The summed E-state index contributed by atoms with van der Waals surface area (Å²) in [6, 6.07) is 4.19. The highest BCUT2D eigenvalue weighted by molar-refractivity contribution is 5.85. The van der Waals surface area contributed by atoms with E-state index in [9.17, 15) is 9.90 Å². The molecule has 0 heterocycles. The molecule has 21 heavy (non-hydrogen) atoms. The molecule has 1 aromatic rings. The molecule has 1 rings (SSSR count). The first kappa shape index (κ1) is 17.0. The Balaban J connectivity index is 2.21. The summed E-state index contributed by atoms with van der Waals surface area (Å²) in [5.74, 6) is -0.222. The van der Waals surface area contributed by atoms with Gasteiger partial charge in [0.25, 0.3) is 0 Å². The van der Waals surface area contributed by atoms with Gasteiger partial charge in [-0.25, -0.2) is 5.43 Å². The summed E-state index contributed by atoms with van der Waals surface area (Å²) in [7, 11) is 0. The van der Waals surface area contributed by atoms with Crippen molar-refractivity contribution in [1.82, 2.24) is 5.43 Å². The largest absolute Gasteiger partial charge is 0.508 e. The van der Waals surface area contributed by atoms with Crippen molar-refractivity contribution in [3.8, 4) is 11.5 Å². The number of hydrogen-bond donors (Lipinski definition) is 3. The normalized spacial score (nSPS) is 10.9. The van der Waals surface area contributed by atoms with Crippen molar-refractivity contribution in [2.24, 2.45) is 5.10 Å². The Morgan fingerprint density at radius 1 is 1.19 bits per heavy atom. The van der Waals surface area contributed by atoms with Gasteiger partial charge in [-0.05, 0) is 18.6 Å². The van der Waals surface area contributed by atoms with Crippen LogP contribution in [0.2, 0.25) is 0 Å². The summed E-state index contributed by atoms with van der Waals surface area (Å²) < 4.78 is 0. The lowest BCUT2D eigenvalue weighted by Gasteiger charge is -2.01. The van der Waals surface area contributed by atoms with E-state index in [4.69, 9.17) is 5.11 Å². The van der Waals surface area contributed by atoms with Crippen LogP contribution in [0.3, 0.4) is 0 Å². The van der Waals surface area contributed by atoms with E-state index in [1.54, 1.807) is 0 Å². The van der Waals surface area contributed by atoms with Gasteiger partial charge in [0.05, 0.1) is 6.21 Å². The van der Waals surface area contributed by atoms with Crippen molar-refractivity contribution in [3.63, 3.8) is 0 Å². The monoisotopic (exact) mass is 292 g/mol. The van der Waals surface area contributed by atoms with Crippen molar-refractivity contribution in [2.45, 2.75) is 51.9 Å². The van der Waals surface area contributed by atoms with Crippen molar-refractivity contribution in [2.75, 3.05) is 0 Å².